The summed E-state index contributed by atoms with van der Waals surface area (Å²) < 4.78 is 0. The predicted octanol–water partition coefficient (Wildman–Crippen LogP) is 1.23. The summed E-state index contributed by atoms with van der Waals surface area (Å²) >= 11 is 0. The number of fused-ring (bicyclic) bond motifs is 1. The van der Waals surface area contributed by atoms with Crippen molar-refractivity contribution in [3.8, 4) is 5.88 Å². The van der Waals surface area contributed by atoms with Crippen molar-refractivity contribution in [2.75, 3.05) is 0 Å². The molecule has 14 heavy (non-hydrogen) atoms. The van der Waals surface area contributed by atoms with Gasteiger partial charge in [-0.3, -0.25) is 9.78 Å². The zero-order valence-electron chi connectivity index (χ0n) is 7.24. The van der Waals surface area contributed by atoms with Crippen molar-refractivity contribution in [3.63, 3.8) is 0 Å². The molecular formula is C10H8N2O2. The minimum atomic E-state index is -0.344. The van der Waals surface area contributed by atoms with Crippen molar-refractivity contribution in [1.29, 1.82) is 5.41 Å². The average Bonchev–Trinajstić information content (AvgIpc) is 2.18. The Bertz CT molecular complexity index is 558. The first-order valence-corrected chi connectivity index (χ1v) is 4.08. The Morgan fingerprint density at radius 3 is 2.57 bits per heavy atom. The fourth-order valence-corrected chi connectivity index (χ4v) is 1.43. The molecular weight excluding hydrogens is 180 g/mol. The number of hydrogen-bond acceptors (Lipinski definition) is 3. The third-order valence-corrected chi connectivity index (χ3v) is 2.09. The molecule has 0 saturated heterocycles. The summed E-state index contributed by atoms with van der Waals surface area (Å²) in [5.41, 5.74) is -0.0103. The molecule has 1 aromatic heterocycles. The first-order chi connectivity index (χ1) is 6.74. The summed E-state index contributed by atoms with van der Waals surface area (Å²) in [6.45, 7) is 0. The Balaban J connectivity index is 3.05. The van der Waals surface area contributed by atoms with Crippen molar-refractivity contribution < 1.29 is 5.11 Å². The van der Waals surface area contributed by atoms with Crippen LogP contribution in [0, 0.1) is 5.41 Å². The molecule has 0 atom stereocenters. The highest BCUT2D eigenvalue weighted by Crippen LogP contribution is 2.19. The quantitative estimate of drug-likeness (QED) is 0.588. The standard InChI is InChI=1S/C10H8N2O2/c11-5-8-6-3-1-2-4-7(6)9(13)12-10(8)14/h1-5,11H,(H2,12,13,14). The second-order valence-electron chi connectivity index (χ2n) is 2.91. The smallest absolute Gasteiger partial charge is 0.258 e. The van der Waals surface area contributed by atoms with Crippen LogP contribution in [0.4, 0.5) is 0 Å². The number of aromatic hydroxyl groups is 1. The molecule has 0 aliphatic carbocycles. The minimum absolute atomic E-state index is 0.260. The lowest BCUT2D eigenvalue weighted by Crippen LogP contribution is -2.07. The lowest BCUT2D eigenvalue weighted by molar-refractivity contribution is 0.452. The number of aromatic nitrogens is 1. The zero-order chi connectivity index (χ0) is 10.1. The maximum absolute atomic E-state index is 11.4. The zero-order valence-corrected chi connectivity index (χ0v) is 7.24. The summed E-state index contributed by atoms with van der Waals surface area (Å²) in [6, 6.07) is 6.85. The Morgan fingerprint density at radius 1 is 1.29 bits per heavy atom. The van der Waals surface area contributed by atoms with Crippen LogP contribution in [0.1, 0.15) is 5.56 Å². The largest absolute Gasteiger partial charge is 0.494 e. The van der Waals surface area contributed by atoms with E-state index in [0.717, 1.165) is 6.21 Å². The van der Waals surface area contributed by atoms with E-state index in [1.54, 1.807) is 24.3 Å². The lowest BCUT2D eigenvalue weighted by atomic mass is 10.1. The average molecular weight is 188 g/mol. The van der Waals surface area contributed by atoms with E-state index >= 15 is 0 Å². The fourth-order valence-electron chi connectivity index (χ4n) is 1.43. The van der Waals surface area contributed by atoms with E-state index in [0.29, 0.717) is 16.3 Å². The molecule has 0 aliphatic heterocycles. The molecule has 0 radical (unpaired) electrons. The first-order valence-electron chi connectivity index (χ1n) is 4.08. The van der Waals surface area contributed by atoms with Gasteiger partial charge in [0.1, 0.15) is 0 Å². The van der Waals surface area contributed by atoms with Gasteiger partial charge < -0.3 is 10.5 Å². The molecule has 2 aromatic rings. The number of pyridine rings is 1. The molecule has 1 aromatic carbocycles. The molecule has 0 spiro atoms. The molecule has 0 saturated carbocycles. The van der Waals surface area contributed by atoms with Gasteiger partial charge >= 0.3 is 0 Å². The first kappa shape index (κ1) is 8.50. The van der Waals surface area contributed by atoms with Crippen LogP contribution < -0.4 is 5.56 Å². The van der Waals surface area contributed by atoms with Crippen LogP contribution in [0.3, 0.4) is 0 Å². The third-order valence-electron chi connectivity index (χ3n) is 2.09. The van der Waals surface area contributed by atoms with Crippen LogP contribution in [0.2, 0.25) is 0 Å². The third kappa shape index (κ3) is 1.08. The van der Waals surface area contributed by atoms with E-state index < -0.39 is 0 Å². The van der Waals surface area contributed by atoms with E-state index in [1.165, 1.54) is 0 Å². The highest BCUT2D eigenvalue weighted by molar-refractivity contribution is 6.00. The number of H-pyrrole nitrogens is 1. The van der Waals surface area contributed by atoms with Gasteiger partial charge in [0.15, 0.2) is 0 Å². The van der Waals surface area contributed by atoms with Crippen LogP contribution >= 0.6 is 0 Å². The van der Waals surface area contributed by atoms with Gasteiger partial charge in [0, 0.05) is 17.0 Å². The fraction of sp³-hybridized carbons (Fsp3) is 0. The molecule has 4 heteroatoms. The van der Waals surface area contributed by atoms with Gasteiger partial charge in [-0.2, -0.15) is 0 Å². The molecule has 70 valence electrons. The van der Waals surface area contributed by atoms with Gasteiger partial charge in [-0.05, 0) is 6.07 Å². The van der Waals surface area contributed by atoms with Crippen LogP contribution in [0.5, 0.6) is 5.88 Å². The van der Waals surface area contributed by atoms with E-state index in [1.807, 2.05) is 0 Å². The van der Waals surface area contributed by atoms with Crippen molar-refractivity contribution in [3.05, 3.63) is 40.2 Å². The Hall–Kier alpha value is -2.10. The van der Waals surface area contributed by atoms with Crippen LogP contribution in [-0.4, -0.2) is 16.3 Å². The van der Waals surface area contributed by atoms with E-state index in [4.69, 9.17) is 5.41 Å². The maximum atomic E-state index is 11.4. The topological polar surface area (TPSA) is 76.9 Å². The molecule has 4 nitrogen and oxygen atoms in total. The molecule has 0 fully saturated rings. The second-order valence-corrected chi connectivity index (χ2v) is 2.91. The molecule has 0 unspecified atom stereocenters. The minimum Gasteiger partial charge on any atom is -0.494 e. The number of benzene rings is 1. The Kier molecular flexibility index (Phi) is 1.81. The van der Waals surface area contributed by atoms with E-state index in [-0.39, 0.29) is 11.4 Å². The molecule has 0 bridgehead atoms. The predicted molar refractivity (Wildman–Crippen MR) is 54.1 cm³/mol. The highest BCUT2D eigenvalue weighted by atomic mass is 16.3. The van der Waals surface area contributed by atoms with Crippen molar-refractivity contribution >= 4 is 17.0 Å². The lowest BCUT2D eigenvalue weighted by Gasteiger charge is -2.02. The van der Waals surface area contributed by atoms with Crippen molar-refractivity contribution in [1.82, 2.24) is 4.98 Å². The molecule has 0 aliphatic rings. The molecule has 3 N–H and O–H groups in total. The van der Waals surface area contributed by atoms with Crippen LogP contribution in [0.15, 0.2) is 29.1 Å². The number of rotatable bonds is 1. The van der Waals surface area contributed by atoms with Crippen LogP contribution in [0.25, 0.3) is 10.8 Å². The number of nitrogens with one attached hydrogen (secondary N) is 2. The number of hydrogen-bond donors (Lipinski definition) is 3. The van der Waals surface area contributed by atoms with E-state index in [2.05, 4.69) is 4.98 Å². The van der Waals surface area contributed by atoms with Gasteiger partial charge in [-0.25, -0.2) is 0 Å². The van der Waals surface area contributed by atoms with Gasteiger partial charge in [0.25, 0.3) is 5.56 Å². The molecule has 2 rings (SSSR count). The van der Waals surface area contributed by atoms with Crippen molar-refractivity contribution in [2.24, 2.45) is 0 Å². The summed E-state index contributed by atoms with van der Waals surface area (Å²) in [4.78, 5) is 13.7. The Labute approximate surface area is 79.3 Å². The summed E-state index contributed by atoms with van der Waals surface area (Å²) in [5.74, 6) is -0.260. The number of aromatic amines is 1. The monoisotopic (exact) mass is 188 g/mol. The molecule has 0 amide bonds. The summed E-state index contributed by atoms with van der Waals surface area (Å²) in [5, 5.41) is 17.6. The highest BCUT2D eigenvalue weighted by Gasteiger charge is 2.07. The van der Waals surface area contributed by atoms with E-state index in [9.17, 15) is 9.90 Å². The SMILES string of the molecule is N=Cc1c(O)[nH]c(=O)c2ccccc12. The summed E-state index contributed by atoms with van der Waals surface area (Å²) in [6.07, 6.45) is 1.02. The normalized spacial score (nSPS) is 10.3. The maximum Gasteiger partial charge on any atom is 0.258 e. The van der Waals surface area contributed by atoms with Gasteiger partial charge in [0.05, 0.1) is 5.56 Å². The summed E-state index contributed by atoms with van der Waals surface area (Å²) in [7, 11) is 0. The van der Waals surface area contributed by atoms with Gasteiger partial charge in [-0.15, -0.1) is 0 Å². The Morgan fingerprint density at radius 2 is 1.93 bits per heavy atom. The van der Waals surface area contributed by atoms with Crippen LogP contribution in [-0.2, 0) is 0 Å². The van der Waals surface area contributed by atoms with Gasteiger partial charge in [0.2, 0.25) is 5.88 Å². The van der Waals surface area contributed by atoms with Crippen molar-refractivity contribution in [2.45, 2.75) is 0 Å². The molecule has 1 heterocycles. The van der Waals surface area contributed by atoms with Gasteiger partial charge in [-0.1, -0.05) is 18.2 Å². The second kappa shape index (κ2) is 2.99.